The van der Waals surface area contributed by atoms with Gasteiger partial charge in [0.2, 0.25) is 0 Å². The molecule has 0 aliphatic heterocycles. The first kappa shape index (κ1) is 14.3. The van der Waals surface area contributed by atoms with Crippen LogP contribution in [0.4, 0.5) is 0 Å². The van der Waals surface area contributed by atoms with E-state index in [4.69, 9.17) is 21.1 Å². The van der Waals surface area contributed by atoms with Gasteiger partial charge in [-0.25, -0.2) is 0 Å². The highest BCUT2D eigenvalue weighted by molar-refractivity contribution is 6.30. The highest BCUT2D eigenvalue weighted by Gasteiger charge is 2.00. The van der Waals surface area contributed by atoms with Crippen molar-refractivity contribution in [2.45, 2.75) is 0 Å². The van der Waals surface area contributed by atoms with Crippen LogP contribution in [0, 0.1) is 0 Å². The molecular weight excluding hydrogens is 300 g/mol. The molecule has 3 rings (SSSR count). The summed E-state index contributed by atoms with van der Waals surface area (Å²) in [5.41, 5.74) is 0. The van der Waals surface area contributed by atoms with Gasteiger partial charge in [-0.15, -0.1) is 0 Å². The van der Waals surface area contributed by atoms with E-state index in [1.165, 1.54) is 0 Å². The molecule has 3 aromatic rings. The summed E-state index contributed by atoms with van der Waals surface area (Å²) in [4.78, 5) is 0. The molecule has 1 N–H and O–H groups in total. The molecule has 0 radical (unpaired) electrons. The molecule has 3 aromatic carbocycles. The molecule has 3 nitrogen and oxygen atoms in total. The monoisotopic (exact) mass is 312 g/mol. The number of aromatic hydroxyl groups is 1. The van der Waals surface area contributed by atoms with Crippen molar-refractivity contribution in [2.75, 3.05) is 0 Å². The Morgan fingerprint density at radius 2 is 0.864 bits per heavy atom. The van der Waals surface area contributed by atoms with Crippen LogP contribution in [-0.4, -0.2) is 5.11 Å². The van der Waals surface area contributed by atoms with Gasteiger partial charge in [0.1, 0.15) is 28.7 Å². The first-order valence-corrected chi connectivity index (χ1v) is 7.07. The van der Waals surface area contributed by atoms with E-state index in [0.29, 0.717) is 22.3 Å². The van der Waals surface area contributed by atoms with Gasteiger partial charge in [-0.1, -0.05) is 11.6 Å². The number of hydrogen-bond acceptors (Lipinski definition) is 3. The molecule has 0 unspecified atom stereocenters. The molecule has 0 saturated heterocycles. The molecule has 0 aliphatic carbocycles. The zero-order chi connectivity index (χ0) is 15.4. The Balaban J connectivity index is 1.67. The maximum Gasteiger partial charge on any atom is 0.127 e. The quantitative estimate of drug-likeness (QED) is 0.678. The highest BCUT2D eigenvalue weighted by atomic mass is 35.5. The molecule has 0 bridgehead atoms. The second-order valence-corrected chi connectivity index (χ2v) is 5.06. The van der Waals surface area contributed by atoms with E-state index in [2.05, 4.69) is 0 Å². The van der Waals surface area contributed by atoms with Crippen LogP contribution in [0.2, 0.25) is 5.02 Å². The fraction of sp³-hybridized carbons (Fsp3) is 0. The molecule has 4 heteroatoms. The van der Waals surface area contributed by atoms with Crippen LogP contribution in [0.5, 0.6) is 28.7 Å². The van der Waals surface area contributed by atoms with Gasteiger partial charge < -0.3 is 14.6 Å². The van der Waals surface area contributed by atoms with Crippen molar-refractivity contribution in [3.8, 4) is 28.7 Å². The van der Waals surface area contributed by atoms with Crippen LogP contribution in [0.3, 0.4) is 0 Å². The fourth-order valence-corrected chi connectivity index (χ4v) is 1.99. The summed E-state index contributed by atoms with van der Waals surface area (Å²) in [6, 6.07) is 21.0. The third kappa shape index (κ3) is 3.71. The molecule has 22 heavy (non-hydrogen) atoms. The fourth-order valence-electron chi connectivity index (χ4n) is 1.86. The smallest absolute Gasteiger partial charge is 0.127 e. The maximum absolute atomic E-state index is 9.24. The zero-order valence-corrected chi connectivity index (χ0v) is 12.3. The third-order valence-electron chi connectivity index (χ3n) is 2.95. The van der Waals surface area contributed by atoms with Gasteiger partial charge >= 0.3 is 0 Å². The lowest BCUT2D eigenvalue weighted by Gasteiger charge is -2.08. The van der Waals surface area contributed by atoms with Crippen molar-refractivity contribution < 1.29 is 14.6 Å². The van der Waals surface area contributed by atoms with Gasteiger partial charge in [-0.05, 0) is 72.8 Å². The molecule has 0 aliphatic rings. The number of hydrogen-bond donors (Lipinski definition) is 1. The van der Waals surface area contributed by atoms with E-state index < -0.39 is 0 Å². The van der Waals surface area contributed by atoms with E-state index in [1.54, 1.807) is 36.4 Å². The van der Waals surface area contributed by atoms with Crippen LogP contribution in [0.25, 0.3) is 0 Å². The summed E-state index contributed by atoms with van der Waals surface area (Å²) < 4.78 is 11.4. The first-order valence-electron chi connectivity index (χ1n) is 6.69. The van der Waals surface area contributed by atoms with Crippen molar-refractivity contribution in [2.24, 2.45) is 0 Å². The number of benzene rings is 3. The zero-order valence-electron chi connectivity index (χ0n) is 11.6. The maximum atomic E-state index is 9.24. The van der Waals surface area contributed by atoms with Crippen molar-refractivity contribution >= 4 is 11.6 Å². The van der Waals surface area contributed by atoms with E-state index in [9.17, 15) is 5.11 Å². The average Bonchev–Trinajstić information content (AvgIpc) is 2.54. The lowest BCUT2D eigenvalue weighted by Crippen LogP contribution is -1.86. The number of rotatable bonds is 4. The normalized spacial score (nSPS) is 10.2. The van der Waals surface area contributed by atoms with Gasteiger partial charge in [0.05, 0.1) is 0 Å². The Kier molecular flexibility index (Phi) is 4.17. The second-order valence-electron chi connectivity index (χ2n) is 4.62. The molecule has 0 aromatic heterocycles. The van der Waals surface area contributed by atoms with E-state index in [1.807, 2.05) is 36.4 Å². The lowest BCUT2D eigenvalue weighted by atomic mass is 10.3. The summed E-state index contributed by atoms with van der Waals surface area (Å²) in [5, 5.41) is 9.91. The number of ether oxygens (including phenoxy) is 2. The summed E-state index contributed by atoms with van der Waals surface area (Å²) in [5.74, 6) is 2.98. The molecule has 110 valence electrons. The van der Waals surface area contributed by atoms with Crippen molar-refractivity contribution in [1.82, 2.24) is 0 Å². The molecule has 0 spiro atoms. The van der Waals surface area contributed by atoms with Gasteiger partial charge in [0.25, 0.3) is 0 Å². The Morgan fingerprint density at radius 3 is 1.27 bits per heavy atom. The van der Waals surface area contributed by atoms with Crippen LogP contribution in [0.15, 0.2) is 72.8 Å². The lowest BCUT2D eigenvalue weighted by molar-refractivity contribution is 0.461. The van der Waals surface area contributed by atoms with E-state index >= 15 is 0 Å². The number of halogens is 1. The summed E-state index contributed by atoms with van der Waals surface area (Å²) >= 11 is 5.83. The Morgan fingerprint density at radius 1 is 0.545 bits per heavy atom. The van der Waals surface area contributed by atoms with E-state index in [0.717, 1.165) is 5.75 Å². The Labute approximate surface area is 133 Å². The minimum Gasteiger partial charge on any atom is -0.508 e. The largest absolute Gasteiger partial charge is 0.508 e. The minimum absolute atomic E-state index is 0.207. The van der Waals surface area contributed by atoms with E-state index in [-0.39, 0.29) is 5.75 Å². The molecule has 0 atom stereocenters. The number of phenols is 1. The highest BCUT2D eigenvalue weighted by Crippen LogP contribution is 2.28. The van der Waals surface area contributed by atoms with Gasteiger partial charge in [-0.2, -0.15) is 0 Å². The second kappa shape index (κ2) is 6.41. The summed E-state index contributed by atoms with van der Waals surface area (Å²) in [7, 11) is 0. The van der Waals surface area contributed by atoms with Crippen molar-refractivity contribution in [3.05, 3.63) is 77.8 Å². The van der Waals surface area contributed by atoms with Gasteiger partial charge in [-0.3, -0.25) is 0 Å². The molecule has 0 amide bonds. The molecular formula is C18H13ClO3. The Bertz CT molecular complexity index is 668. The van der Waals surface area contributed by atoms with Gasteiger partial charge in [0.15, 0.2) is 0 Å². The molecule has 0 saturated carbocycles. The molecule has 0 heterocycles. The van der Waals surface area contributed by atoms with Crippen molar-refractivity contribution in [3.63, 3.8) is 0 Å². The van der Waals surface area contributed by atoms with Crippen LogP contribution < -0.4 is 9.47 Å². The minimum atomic E-state index is 0.207. The average molecular weight is 313 g/mol. The molecule has 0 fully saturated rings. The number of phenolic OH excluding ortho intramolecular Hbond substituents is 1. The summed E-state index contributed by atoms with van der Waals surface area (Å²) in [6.07, 6.45) is 0. The summed E-state index contributed by atoms with van der Waals surface area (Å²) in [6.45, 7) is 0. The predicted molar refractivity (Wildman–Crippen MR) is 86.1 cm³/mol. The predicted octanol–water partition coefficient (Wildman–Crippen LogP) is 5.63. The Hall–Kier alpha value is -2.65. The van der Waals surface area contributed by atoms with Gasteiger partial charge in [0, 0.05) is 5.02 Å². The standard InChI is InChI=1S/C18H13ClO3/c19-13-1-5-15(6-2-13)21-17-9-11-18(12-10-17)22-16-7-3-14(20)4-8-16/h1-12,20H. The van der Waals surface area contributed by atoms with Crippen molar-refractivity contribution in [1.29, 1.82) is 0 Å². The third-order valence-corrected chi connectivity index (χ3v) is 3.20. The van der Waals surface area contributed by atoms with Crippen LogP contribution in [-0.2, 0) is 0 Å². The van der Waals surface area contributed by atoms with Crippen LogP contribution in [0.1, 0.15) is 0 Å². The first-order chi connectivity index (χ1) is 10.7. The topological polar surface area (TPSA) is 38.7 Å². The van der Waals surface area contributed by atoms with Crippen LogP contribution >= 0.6 is 11.6 Å². The SMILES string of the molecule is Oc1ccc(Oc2ccc(Oc3ccc(Cl)cc3)cc2)cc1.